The molecule has 3 heteroatoms. The fraction of sp³-hybridized carbons (Fsp3) is 0.600. The molecule has 1 aromatic carbocycles. The molecular weight excluding hydrogens is 226 g/mol. The SMILES string of the molecule is CCC(C)c1ccc(CN(C)C(CO)CO)cc1. The summed E-state index contributed by atoms with van der Waals surface area (Å²) in [5.74, 6) is 0.597. The topological polar surface area (TPSA) is 43.7 Å². The molecule has 0 aromatic heterocycles. The van der Waals surface area contributed by atoms with Crippen molar-refractivity contribution in [3.05, 3.63) is 35.4 Å². The summed E-state index contributed by atoms with van der Waals surface area (Å²) in [6.45, 7) is 5.14. The van der Waals surface area contributed by atoms with Gasteiger partial charge in [-0.15, -0.1) is 0 Å². The van der Waals surface area contributed by atoms with E-state index in [2.05, 4.69) is 38.1 Å². The molecule has 2 N–H and O–H groups in total. The zero-order valence-electron chi connectivity index (χ0n) is 11.6. The Kier molecular flexibility index (Phi) is 6.33. The summed E-state index contributed by atoms with van der Waals surface area (Å²) in [7, 11) is 1.92. The van der Waals surface area contributed by atoms with Crippen LogP contribution in [-0.4, -0.2) is 41.4 Å². The molecule has 1 aromatic rings. The van der Waals surface area contributed by atoms with Crippen molar-refractivity contribution >= 4 is 0 Å². The fourth-order valence-corrected chi connectivity index (χ4v) is 1.94. The third kappa shape index (κ3) is 4.09. The fourth-order valence-electron chi connectivity index (χ4n) is 1.94. The molecule has 0 saturated heterocycles. The highest BCUT2D eigenvalue weighted by atomic mass is 16.3. The van der Waals surface area contributed by atoms with Crippen molar-refractivity contribution in [2.75, 3.05) is 20.3 Å². The Bertz CT molecular complexity index is 333. The zero-order chi connectivity index (χ0) is 13.5. The van der Waals surface area contributed by atoms with E-state index in [0.29, 0.717) is 5.92 Å². The molecule has 0 amide bonds. The van der Waals surface area contributed by atoms with E-state index in [-0.39, 0.29) is 19.3 Å². The Morgan fingerprint density at radius 3 is 2.11 bits per heavy atom. The second kappa shape index (κ2) is 7.52. The molecule has 1 unspecified atom stereocenters. The Morgan fingerprint density at radius 2 is 1.67 bits per heavy atom. The van der Waals surface area contributed by atoms with Gasteiger partial charge in [0.2, 0.25) is 0 Å². The molecule has 1 atom stereocenters. The van der Waals surface area contributed by atoms with E-state index in [0.717, 1.165) is 13.0 Å². The highest BCUT2D eigenvalue weighted by Crippen LogP contribution is 2.19. The van der Waals surface area contributed by atoms with E-state index in [4.69, 9.17) is 10.2 Å². The number of hydrogen-bond donors (Lipinski definition) is 2. The smallest absolute Gasteiger partial charge is 0.0609 e. The van der Waals surface area contributed by atoms with Crippen LogP contribution in [-0.2, 0) is 6.54 Å². The molecule has 18 heavy (non-hydrogen) atoms. The molecule has 0 aliphatic rings. The summed E-state index contributed by atoms with van der Waals surface area (Å²) in [4.78, 5) is 1.97. The van der Waals surface area contributed by atoms with Gasteiger partial charge in [0, 0.05) is 6.54 Å². The Balaban J connectivity index is 2.63. The lowest BCUT2D eigenvalue weighted by atomic mass is 9.97. The van der Waals surface area contributed by atoms with Crippen LogP contribution in [0, 0.1) is 0 Å². The predicted octanol–water partition coefficient (Wildman–Crippen LogP) is 1.99. The highest BCUT2D eigenvalue weighted by molar-refractivity contribution is 5.25. The number of likely N-dealkylation sites (N-methyl/N-ethyl adjacent to an activating group) is 1. The molecule has 0 aliphatic carbocycles. The molecule has 0 fully saturated rings. The van der Waals surface area contributed by atoms with Gasteiger partial charge in [-0.1, -0.05) is 38.1 Å². The maximum atomic E-state index is 9.12. The van der Waals surface area contributed by atoms with Gasteiger partial charge < -0.3 is 10.2 Å². The number of benzene rings is 1. The van der Waals surface area contributed by atoms with Gasteiger partial charge in [0.15, 0.2) is 0 Å². The molecule has 1 rings (SSSR count). The van der Waals surface area contributed by atoms with Crippen molar-refractivity contribution in [2.45, 2.75) is 38.8 Å². The lowest BCUT2D eigenvalue weighted by Gasteiger charge is -2.24. The van der Waals surface area contributed by atoms with Crippen LogP contribution in [0.15, 0.2) is 24.3 Å². The first kappa shape index (κ1) is 15.2. The van der Waals surface area contributed by atoms with Crippen LogP contribution < -0.4 is 0 Å². The maximum Gasteiger partial charge on any atom is 0.0609 e. The third-order valence-electron chi connectivity index (χ3n) is 3.64. The monoisotopic (exact) mass is 251 g/mol. The molecule has 0 heterocycles. The third-order valence-corrected chi connectivity index (χ3v) is 3.64. The number of aliphatic hydroxyl groups is 2. The number of hydrogen-bond acceptors (Lipinski definition) is 3. The summed E-state index contributed by atoms with van der Waals surface area (Å²) < 4.78 is 0. The number of nitrogens with zero attached hydrogens (tertiary/aromatic N) is 1. The van der Waals surface area contributed by atoms with Crippen LogP contribution in [0.25, 0.3) is 0 Å². The van der Waals surface area contributed by atoms with E-state index in [1.165, 1.54) is 11.1 Å². The number of aliphatic hydroxyl groups excluding tert-OH is 2. The number of rotatable bonds is 7. The zero-order valence-corrected chi connectivity index (χ0v) is 11.6. The minimum absolute atomic E-state index is 0.0159. The van der Waals surface area contributed by atoms with Gasteiger partial charge >= 0.3 is 0 Å². The first-order chi connectivity index (χ1) is 8.62. The van der Waals surface area contributed by atoms with Crippen molar-refractivity contribution in [1.82, 2.24) is 4.90 Å². The molecule has 0 aliphatic heterocycles. The molecule has 0 radical (unpaired) electrons. The van der Waals surface area contributed by atoms with E-state index in [1.807, 2.05) is 11.9 Å². The first-order valence-corrected chi connectivity index (χ1v) is 6.63. The normalized spacial score (nSPS) is 13.3. The van der Waals surface area contributed by atoms with Crippen LogP contribution in [0.1, 0.15) is 37.3 Å². The molecular formula is C15H25NO2. The van der Waals surface area contributed by atoms with E-state index in [9.17, 15) is 0 Å². The van der Waals surface area contributed by atoms with Gasteiger partial charge in [-0.2, -0.15) is 0 Å². The summed E-state index contributed by atoms with van der Waals surface area (Å²) in [5, 5.41) is 18.2. The van der Waals surface area contributed by atoms with Crippen LogP contribution in [0.2, 0.25) is 0 Å². The molecule has 3 nitrogen and oxygen atoms in total. The second-order valence-electron chi connectivity index (χ2n) is 4.98. The van der Waals surface area contributed by atoms with E-state index in [1.54, 1.807) is 0 Å². The van der Waals surface area contributed by atoms with Crippen molar-refractivity contribution in [3.63, 3.8) is 0 Å². The molecule has 102 valence electrons. The van der Waals surface area contributed by atoms with Crippen molar-refractivity contribution in [2.24, 2.45) is 0 Å². The quantitative estimate of drug-likeness (QED) is 0.779. The van der Waals surface area contributed by atoms with E-state index >= 15 is 0 Å². The standard InChI is InChI=1S/C15H25NO2/c1-4-12(2)14-7-5-13(6-8-14)9-16(3)15(10-17)11-18/h5-8,12,15,17-18H,4,9-11H2,1-3H3. The molecule has 0 bridgehead atoms. The van der Waals surface area contributed by atoms with Crippen LogP contribution in [0.5, 0.6) is 0 Å². The Morgan fingerprint density at radius 1 is 1.11 bits per heavy atom. The minimum Gasteiger partial charge on any atom is -0.395 e. The maximum absolute atomic E-state index is 9.12. The minimum atomic E-state index is -0.181. The summed E-state index contributed by atoms with van der Waals surface area (Å²) in [5.41, 5.74) is 2.57. The lowest BCUT2D eigenvalue weighted by Crippen LogP contribution is -2.37. The lowest BCUT2D eigenvalue weighted by molar-refractivity contribution is 0.0874. The Hall–Kier alpha value is -0.900. The molecule has 0 spiro atoms. The van der Waals surface area contributed by atoms with Gasteiger partial charge in [0.25, 0.3) is 0 Å². The predicted molar refractivity (Wildman–Crippen MR) is 74.6 cm³/mol. The van der Waals surface area contributed by atoms with Crippen LogP contribution in [0.4, 0.5) is 0 Å². The van der Waals surface area contributed by atoms with Gasteiger partial charge in [0.05, 0.1) is 19.3 Å². The van der Waals surface area contributed by atoms with Crippen molar-refractivity contribution in [3.8, 4) is 0 Å². The van der Waals surface area contributed by atoms with Gasteiger partial charge in [-0.25, -0.2) is 0 Å². The largest absolute Gasteiger partial charge is 0.395 e. The van der Waals surface area contributed by atoms with Crippen molar-refractivity contribution in [1.29, 1.82) is 0 Å². The van der Waals surface area contributed by atoms with Gasteiger partial charge in [-0.05, 0) is 30.5 Å². The van der Waals surface area contributed by atoms with Crippen LogP contribution in [0.3, 0.4) is 0 Å². The molecule has 0 saturated carbocycles. The average molecular weight is 251 g/mol. The summed E-state index contributed by atoms with van der Waals surface area (Å²) >= 11 is 0. The van der Waals surface area contributed by atoms with Crippen molar-refractivity contribution < 1.29 is 10.2 Å². The van der Waals surface area contributed by atoms with Crippen LogP contribution >= 0.6 is 0 Å². The average Bonchev–Trinajstić information content (AvgIpc) is 2.40. The summed E-state index contributed by atoms with van der Waals surface area (Å²) in [6.07, 6.45) is 1.15. The van der Waals surface area contributed by atoms with Gasteiger partial charge in [0.1, 0.15) is 0 Å². The van der Waals surface area contributed by atoms with Gasteiger partial charge in [-0.3, -0.25) is 4.90 Å². The highest BCUT2D eigenvalue weighted by Gasteiger charge is 2.12. The summed E-state index contributed by atoms with van der Waals surface area (Å²) in [6, 6.07) is 8.42. The Labute approximate surface area is 110 Å². The second-order valence-corrected chi connectivity index (χ2v) is 4.98. The first-order valence-electron chi connectivity index (χ1n) is 6.63. The van der Waals surface area contributed by atoms with E-state index < -0.39 is 0 Å².